The Morgan fingerprint density at radius 1 is 0.781 bits per heavy atom. The first-order chi connectivity index (χ1) is 14.1. The van der Waals surface area contributed by atoms with Crippen molar-refractivity contribution in [1.82, 2.24) is 0 Å². The van der Waals surface area contributed by atoms with Crippen molar-refractivity contribution in [2.45, 2.75) is 78.1 Å². The number of hydrogen-bond acceptors (Lipinski definition) is 0. The van der Waals surface area contributed by atoms with E-state index in [4.69, 9.17) is 0 Å². The number of hydrogen-bond donors (Lipinski definition) is 0. The van der Waals surface area contributed by atoms with Crippen LogP contribution < -0.4 is 28.1 Å². The van der Waals surface area contributed by atoms with Gasteiger partial charge in [-0.25, -0.2) is 0 Å². The van der Waals surface area contributed by atoms with Gasteiger partial charge in [-0.3, -0.25) is 0 Å². The van der Waals surface area contributed by atoms with Crippen LogP contribution in [0.2, 0.25) is 0 Å². The molecule has 0 atom stereocenters. The molecule has 3 aliphatic carbocycles. The summed E-state index contributed by atoms with van der Waals surface area (Å²) < 4.78 is 5.57. The maximum Gasteiger partial charge on any atom is -1.00 e. The van der Waals surface area contributed by atoms with E-state index in [1.807, 2.05) is 6.58 Å². The second-order valence-electron chi connectivity index (χ2n) is 11.4. The van der Waals surface area contributed by atoms with Crippen LogP contribution in [0.3, 0.4) is 0 Å². The molecule has 0 nitrogen and oxygen atoms in total. The molecular weight excluding hydrogens is 598 g/mol. The monoisotopic (exact) mass is 632 g/mol. The summed E-state index contributed by atoms with van der Waals surface area (Å²) in [5, 5.41) is 0. The standard InChI is InChI=1S/C21H25.C5H5.C3H4.2ClH.Hf/c1-20(2,3)16-9-7-14-11-15-8-10-17(21(4,5)6)13-19(15)18(14)12-16;1-2-4-5-3-1;1-2-3-1;;;/h7,9-10,12-13H,11H2,1-6H3;1-3H,4H2;1-2H2;2*1H;/q;;;;;+2/p-2. The van der Waals surface area contributed by atoms with E-state index in [9.17, 15) is 0 Å². The largest absolute Gasteiger partial charge is 1.00 e. The molecule has 0 unspecified atom stereocenters. The molecule has 3 heteroatoms. The molecule has 2 aromatic carbocycles. The van der Waals surface area contributed by atoms with Crippen LogP contribution in [-0.4, -0.2) is 3.26 Å². The molecule has 0 aromatic heterocycles. The molecule has 168 valence electrons. The van der Waals surface area contributed by atoms with Gasteiger partial charge in [0, 0.05) is 0 Å². The maximum absolute atomic E-state index is 2.65. The topological polar surface area (TPSA) is 0 Å². The van der Waals surface area contributed by atoms with Crippen LogP contribution in [0.5, 0.6) is 0 Å². The summed E-state index contributed by atoms with van der Waals surface area (Å²) in [6, 6.07) is 12.5. The third-order valence-corrected chi connectivity index (χ3v) is 18.5. The molecule has 0 spiro atoms. The van der Waals surface area contributed by atoms with Gasteiger partial charge < -0.3 is 24.8 Å². The van der Waals surface area contributed by atoms with Crippen LogP contribution in [-0.2, 0) is 38.2 Å². The summed E-state index contributed by atoms with van der Waals surface area (Å²) in [7, 11) is 0. The van der Waals surface area contributed by atoms with Crippen LogP contribution >= 0.6 is 0 Å². The van der Waals surface area contributed by atoms with Gasteiger partial charge >= 0.3 is 191 Å². The van der Waals surface area contributed by atoms with E-state index in [0.717, 1.165) is 6.42 Å². The van der Waals surface area contributed by atoms with E-state index in [1.165, 1.54) is 41.5 Å². The predicted molar refractivity (Wildman–Crippen MR) is 128 cm³/mol. The van der Waals surface area contributed by atoms with Gasteiger partial charge in [0.05, 0.1) is 0 Å². The quantitative estimate of drug-likeness (QED) is 0.370. The second kappa shape index (κ2) is 9.12. The molecule has 3 aliphatic rings. The first kappa shape index (κ1) is 25.9. The molecule has 0 heterocycles. The number of fused-ring (bicyclic) bond motifs is 3. The van der Waals surface area contributed by atoms with Gasteiger partial charge in [0.15, 0.2) is 0 Å². The smallest absolute Gasteiger partial charge is 1.00 e. The van der Waals surface area contributed by atoms with Gasteiger partial charge in [0.2, 0.25) is 0 Å². The van der Waals surface area contributed by atoms with Gasteiger partial charge in [0.1, 0.15) is 0 Å². The Balaban J connectivity index is 0.00000144. The van der Waals surface area contributed by atoms with E-state index in [1.54, 1.807) is 14.4 Å². The van der Waals surface area contributed by atoms with Crippen molar-refractivity contribution in [2.75, 3.05) is 0 Å². The van der Waals surface area contributed by atoms with E-state index in [-0.39, 0.29) is 35.6 Å². The van der Waals surface area contributed by atoms with Crippen molar-refractivity contribution in [3.05, 3.63) is 74.1 Å². The normalized spacial score (nSPS) is 15.8. The van der Waals surface area contributed by atoms with E-state index in [2.05, 4.69) is 90.1 Å². The second-order valence-corrected chi connectivity index (χ2v) is 20.9. The zero-order chi connectivity index (χ0) is 21.3. The van der Waals surface area contributed by atoms with Crippen molar-refractivity contribution in [1.29, 1.82) is 0 Å². The molecule has 0 amide bonds. The molecule has 1 fully saturated rings. The number of rotatable bonds is 2. The van der Waals surface area contributed by atoms with Crippen LogP contribution in [0.15, 0.2) is 51.9 Å². The Hall–Kier alpha value is -0.760. The van der Waals surface area contributed by atoms with Crippen molar-refractivity contribution in [3.63, 3.8) is 0 Å². The molecular formula is C29H34Cl2Hf. The van der Waals surface area contributed by atoms with Crippen molar-refractivity contribution in [3.8, 4) is 11.1 Å². The molecule has 1 saturated carbocycles. The van der Waals surface area contributed by atoms with E-state index < -0.39 is 21.0 Å². The molecule has 5 rings (SSSR count). The Morgan fingerprint density at radius 3 is 2.00 bits per heavy atom. The molecule has 2 aromatic rings. The van der Waals surface area contributed by atoms with Crippen LogP contribution in [0.4, 0.5) is 0 Å². The number of benzene rings is 2. The van der Waals surface area contributed by atoms with Crippen LogP contribution in [0, 0.1) is 0 Å². The number of allylic oxidation sites excluding steroid dienone is 4. The van der Waals surface area contributed by atoms with Gasteiger partial charge in [-0.2, -0.15) is 0 Å². The SMILES string of the molecule is CC(C)(C)c1ccc2c(c1)-c1cc(C(C)(C)C)c[c]([Hf+2]([C]3=CC=CC3)=[C]3CC3)c1C2.[Cl-].[Cl-]. The molecule has 0 radical (unpaired) electrons. The summed E-state index contributed by atoms with van der Waals surface area (Å²) in [5.74, 6) is 0. The maximum atomic E-state index is 2.65. The minimum Gasteiger partial charge on any atom is -1.00 e. The molecule has 0 N–H and O–H groups in total. The fourth-order valence-corrected chi connectivity index (χ4v) is 16.5. The van der Waals surface area contributed by atoms with Crippen molar-refractivity contribution >= 4 is 6.58 Å². The van der Waals surface area contributed by atoms with E-state index >= 15 is 0 Å². The van der Waals surface area contributed by atoms with Gasteiger partial charge in [-0.1, -0.05) is 0 Å². The van der Waals surface area contributed by atoms with Gasteiger partial charge in [-0.15, -0.1) is 0 Å². The molecule has 0 aliphatic heterocycles. The Kier molecular flexibility index (Phi) is 7.37. The van der Waals surface area contributed by atoms with E-state index in [0.29, 0.717) is 0 Å². The summed E-state index contributed by atoms with van der Waals surface area (Å²) in [6.45, 7) is 14.1. The van der Waals surface area contributed by atoms with Gasteiger partial charge in [-0.05, 0) is 0 Å². The Labute approximate surface area is 214 Å². The average Bonchev–Trinajstić information content (AvgIpc) is 3.21. The summed E-state index contributed by atoms with van der Waals surface area (Å²) in [5.41, 5.74) is 9.63. The van der Waals surface area contributed by atoms with Crippen molar-refractivity contribution in [2.24, 2.45) is 0 Å². The molecule has 0 bridgehead atoms. The minimum atomic E-state index is -2.14. The Morgan fingerprint density at radius 2 is 1.44 bits per heavy atom. The summed E-state index contributed by atoms with van der Waals surface area (Å²) in [6.07, 6.45) is 12.3. The third kappa shape index (κ3) is 4.73. The zero-order valence-electron chi connectivity index (χ0n) is 20.2. The average molecular weight is 632 g/mol. The predicted octanol–water partition coefficient (Wildman–Crippen LogP) is 0.914. The Bertz CT molecular complexity index is 1140. The summed E-state index contributed by atoms with van der Waals surface area (Å²) >= 11 is -2.14. The summed E-state index contributed by atoms with van der Waals surface area (Å²) in [4.78, 5) is 0. The zero-order valence-corrected chi connectivity index (χ0v) is 25.3. The fourth-order valence-electron chi connectivity index (χ4n) is 4.93. The number of halogens is 2. The van der Waals surface area contributed by atoms with Crippen LogP contribution in [0.1, 0.15) is 83.1 Å². The first-order valence-electron chi connectivity index (χ1n) is 11.5. The molecule has 0 saturated heterocycles. The minimum absolute atomic E-state index is 0. The first-order valence-corrected chi connectivity index (χ1v) is 16.9. The fraction of sp³-hybridized carbons (Fsp3) is 0.414. The third-order valence-electron chi connectivity index (χ3n) is 6.96. The van der Waals surface area contributed by atoms with Crippen molar-refractivity contribution < 1.29 is 45.8 Å². The van der Waals surface area contributed by atoms with Crippen LogP contribution in [0.25, 0.3) is 11.1 Å². The molecule has 32 heavy (non-hydrogen) atoms. The van der Waals surface area contributed by atoms with Gasteiger partial charge in [0.25, 0.3) is 0 Å².